The Bertz CT molecular complexity index is 1680. The maximum absolute atomic E-state index is 11.9. The maximum Gasteiger partial charge on any atom is 0.407 e. The molecule has 0 aliphatic carbocycles. The minimum atomic E-state index is -0.904. The molecule has 0 saturated carbocycles. The van der Waals surface area contributed by atoms with E-state index in [2.05, 4.69) is 38.0 Å². The van der Waals surface area contributed by atoms with Crippen molar-refractivity contribution in [3.8, 4) is 5.75 Å². The fourth-order valence-corrected chi connectivity index (χ4v) is 6.03. The van der Waals surface area contributed by atoms with Gasteiger partial charge in [-0.15, -0.1) is 0 Å². The zero-order valence-corrected chi connectivity index (χ0v) is 28.5. The van der Waals surface area contributed by atoms with Gasteiger partial charge in [0.15, 0.2) is 11.9 Å². The van der Waals surface area contributed by atoms with Crippen molar-refractivity contribution in [2.45, 2.75) is 50.8 Å². The van der Waals surface area contributed by atoms with Crippen LogP contribution in [0.5, 0.6) is 5.75 Å². The van der Waals surface area contributed by atoms with E-state index in [0.29, 0.717) is 42.4 Å². The van der Waals surface area contributed by atoms with Crippen molar-refractivity contribution in [1.82, 2.24) is 34.8 Å². The van der Waals surface area contributed by atoms with E-state index in [1.165, 1.54) is 30.0 Å². The van der Waals surface area contributed by atoms with Crippen molar-refractivity contribution in [3.63, 3.8) is 0 Å². The summed E-state index contributed by atoms with van der Waals surface area (Å²) in [5, 5.41) is 23.9. The van der Waals surface area contributed by atoms with Crippen LogP contribution in [0.2, 0.25) is 0 Å². The standard InChI is InChI=1S/C23H34N4O4.C11H13N3O3/c1-25(10-11-26(2)23(28)29)16-20-19-15-18(17-8-13-30-14-9-17)6-7-21(19)27(24-20)22-5-3-4-12-31-22;1-14(17-3)11(15)10-8-6-7(16-2)4-5-9(8)12-13-10/h6-7,15,17,22H,3-5,8-14,16H2,1-2H3,(H,28,29);4-6H,1-3H3,(H,12,13). The maximum atomic E-state index is 11.9. The number of ether oxygens (including phenoxy) is 3. The van der Waals surface area contributed by atoms with Gasteiger partial charge in [-0.1, -0.05) is 6.07 Å². The number of fused-ring (bicyclic) bond motifs is 2. The molecule has 0 bridgehead atoms. The molecule has 2 aliphatic heterocycles. The van der Waals surface area contributed by atoms with Gasteiger partial charge in [-0.2, -0.15) is 10.2 Å². The molecule has 260 valence electrons. The lowest BCUT2D eigenvalue weighted by atomic mass is 9.91. The third-order valence-electron chi connectivity index (χ3n) is 9.02. The second-order valence-corrected chi connectivity index (χ2v) is 12.3. The summed E-state index contributed by atoms with van der Waals surface area (Å²) in [4.78, 5) is 31.3. The van der Waals surface area contributed by atoms with E-state index >= 15 is 0 Å². The molecule has 0 spiro atoms. The Hall–Kier alpha value is -4.24. The molecule has 4 aromatic rings. The number of hydroxylamine groups is 2. The highest BCUT2D eigenvalue weighted by atomic mass is 16.7. The van der Waals surface area contributed by atoms with Crippen LogP contribution >= 0.6 is 0 Å². The predicted molar refractivity (Wildman–Crippen MR) is 180 cm³/mol. The molecule has 14 nitrogen and oxygen atoms in total. The van der Waals surface area contributed by atoms with Crippen LogP contribution in [0.4, 0.5) is 4.79 Å². The van der Waals surface area contributed by atoms with Crippen LogP contribution in [-0.2, 0) is 20.9 Å². The minimum Gasteiger partial charge on any atom is -0.497 e. The number of aromatic amines is 1. The summed E-state index contributed by atoms with van der Waals surface area (Å²) in [6.07, 6.45) is 4.45. The van der Waals surface area contributed by atoms with Crippen molar-refractivity contribution in [3.05, 3.63) is 53.3 Å². The van der Waals surface area contributed by atoms with Crippen LogP contribution < -0.4 is 4.74 Å². The zero-order valence-electron chi connectivity index (χ0n) is 28.5. The van der Waals surface area contributed by atoms with E-state index in [-0.39, 0.29) is 12.1 Å². The lowest BCUT2D eigenvalue weighted by Crippen LogP contribution is -2.33. The quantitative estimate of drug-likeness (QED) is 0.225. The Labute approximate surface area is 280 Å². The average molecular weight is 666 g/mol. The number of rotatable bonds is 10. The van der Waals surface area contributed by atoms with E-state index in [0.717, 1.165) is 73.7 Å². The van der Waals surface area contributed by atoms with Gasteiger partial charge in [0.25, 0.3) is 5.91 Å². The van der Waals surface area contributed by atoms with Gasteiger partial charge in [0.2, 0.25) is 0 Å². The number of nitrogens with zero attached hydrogens (tertiary/aromatic N) is 6. The monoisotopic (exact) mass is 665 g/mol. The van der Waals surface area contributed by atoms with Crippen LogP contribution in [0.1, 0.15) is 66.0 Å². The summed E-state index contributed by atoms with van der Waals surface area (Å²) in [5.74, 6) is 0.891. The number of likely N-dealkylation sites (N-methyl/N-ethyl adjacent to an activating group) is 2. The molecule has 48 heavy (non-hydrogen) atoms. The topological polar surface area (TPSA) is 148 Å². The lowest BCUT2D eigenvalue weighted by molar-refractivity contribution is -0.0759. The van der Waals surface area contributed by atoms with Crippen LogP contribution in [0, 0.1) is 0 Å². The van der Waals surface area contributed by atoms with Gasteiger partial charge in [0.05, 0.1) is 30.9 Å². The van der Waals surface area contributed by atoms with Crippen molar-refractivity contribution in [2.75, 3.05) is 68.3 Å². The van der Waals surface area contributed by atoms with E-state index in [1.54, 1.807) is 26.3 Å². The molecule has 1 unspecified atom stereocenters. The molecule has 2 aliphatic rings. The molecule has 2 N–H and O–H groups in total. The van der Waals surface area contributed by atoms with E-state index in [9.17, 15) is 9.59 Å². The number of hydrogen-bond donors (Lipinski definition) is 2. The number of H-pyrrole nitrogens is 1. The molecule has 0 radical (unpaired) electrons. The molecule has 6 rings (SSSR count). The number of amides is 2. The number of hydrogen-bond acceptors (Lipinski definition) is 9. The fourth-order valence-electron chi connectivity index (χ4n) is 6.03. The highest BCUT2D eigenvalue weighted by molar-refractivity contribution is 6.04. The number of benzene rings is 2. The van der Waals surface area contributed by atoms with Gasteiger partial charge in [-0.25, -0.2) is 14.5 Å². The van der Waals surface area contributed by atoms with E-state index in [4.69, 9.17) is 29.3 Å². The van der Waals surface area contributed by atoms with Crippen LogP contribution in [0.25, 0.3) is 21.8 Å². The lowest BCUT2D eigenvalue weighted by Gasteiger charge is -2.24. The Morgan fingerprint density at radius 2 is 1.79 bits per heavy atom. The molecule has 1 atom stereocenters. The van der Waals surface area contributed by atoms with Gasteiger partial charge < -0.3 is 24.2 Å². The van der Waals surface area contributed by atoms with Crippen molar-refractivity contribution in [2.24, 2.45) is 0 Å². The minimum absolute atomic E-state index is 0.0117. The molecule has 2 aromatic heterocycles. The summed E-state index contributed by atoms with van der Waals surface area (Å²) in [6, 6.07) is 12.1. The molecule has 2 amide bonds. The number of carbonyl (C=O) groups is 2. The number of methoxy groups -OCH3 is 1. The molecular formula is C34H47N7O7. The average Bonchev–Trinajstić information content (AvgIpc) is 3.71. The van der Waals surface area contributed by atoms with Crippen LogP contribution in [0.15, 0.2) is 36.4 Å². The zero-order chi connectivity index (χ0) is 34.2. The Morgan fingerprint density at radius 3 is 2.48 bits per heavy atom. The second-order valence-electron chi connectivity index (χ2n) is 12.3. The number of aromatic nitrogens is 4. The summed E-state index contributed by atoms with van der Waals surface area (Å²) in [6.45, 7) is 4.21. The first-order chi connectivity index (χ1) is 23.2. The summed E-state index contributed by atoms with van der Waals surface area (Å²) in [5.41, 5.74) is 4.59. The van der Waals surface area contributed by atoms with Crippen molar-refractivity contribution >= 4 is 33.8 Å². The van der Waals surface area contributed by atoms with Crippen molar-refractivity contribution < 1.29 is 33.7 Å². The van der Waals surface area contributed by atoms with Crippen LogP contribution in [0.3, 0.4) is 0 Å². The summed E-state index contributed by atoms with van der Waals surface area (Å²) in [7, 11) is 8.14. The molecule has 2 fully saturated rings. The molecular weight excluding hydrogens is 618 g/mol. The molecule has 2 saturated heterocycles. The third-order valence-corrected chi connectivity index (χ3v) is 9.02. The smallest absolute Gasteiger partial charge is 0.407 e. The Kier molecular flexibility index (Phi) is 11.9. The molecule has 4 heterocycles. The van der Waals surface area contributed by atoms with Crippen LogP contribution in [-0.4, -0.2) is 120 Å². The Morgan fingerprint density at radius 1 is 1.00 bits per heavy atom. The van der Waals surface area contributed by atoms with E-state index in [1.807, 2.05) is 13.1 Å². The van der Waals surface area contributed by atoms with Gasteiger partial charge in [0, 0.05) is 64.3 Å². The summed E-state index contributed by atoms with van der Waals surface area (Å²) < 4.78 is 18.8. The van der Waals surface area contributed by atoms with Gasteiger partial charge in [-0.05, 0) is 81.0 Å². The SMILES string of the molecule is CN(CCN(C)C(=O)O)Cc1nn(C2CCCCO2)c2ccc(C3CCOCC3)cc12.COc1ccc2[nH]nc(C(=O)N(C)OC)c2c1. The van der Waals surface area contributed by atoms with E-state index < -0.39 is 6.09 Å². The largest absolute Gasteiger partial charge is 0.497 e. The first-order valence-corrected chi connectivity index (χ1v) is 16.4. The molecule has 14 heteroatoms. The highest BCUT2D eigenvalue weighted by Crippen LogP contribution is 2.33. The highest BCUT2D eigenvalue weighted by Gasteiger charge is 2.24. The first kappa shape index (κ1) is 35.1. The number of carboxylic acid groups (broad SMARTS) is 1. The number of carbonyl (C=O) groups excluding carboxylic acids is 1. The predicted octanol–water partition coefficient (Wildman–Crippen LogP) is 4.88. The van der Waals surface area contributed by atoms with Gasteiger partial charge >= 0.3 is 6.09 Å². The van der Waals surface area contributed by atoms with Gasteiger partial charge in [0.1, 0.15) is 5.75 Å². The normalized spacial score (nSPS) is 16.9. The van der Waals surface area contributed by atoms with Crippen molar-refractivity contribution in [1.29, 1.82) is 0 Å². The third kappa shape index (κ3) is 8.24. The fraction of sp³-hybridized carbons (Fsp3) is 0.529. The summed E-state index contributed by atoms with van der Waals surface area (Å²) >= 11 is 0. The second kappa shape index (κ2) is 16.2. The van der Waals surface area contributed by atoms with Gasteiger partial charge in [-0.3, -0.25) is 19.6 Å². The first-order valence-electron chi connectivity index (χ1n) is 16.4. The molecule has 2 aromatic carbocycles. The number of nitrogens with one attached hydrogen (secondary N) is 1. The Balaban J connectivity index is 0.000000224.